The quantitative estimate of drug-likeness (QED) is 0.798. The van der Waals surface area contributed by atoms with E-state index >= 15 is 0 Å². The number of para-hydroxylation sites is 1. The fraction of sp³-hybridized carbons (Fsp3) is 0.429. The molecule has 2 rings (SSSR count). The van der Waals surface area contributed by atoms with Crippen LogP contribution in [0.3, 0.4) is 0 Å². The molecule has 0 saturated heterocycles. The van der Waals surface area contributed by atoms with Crippen molar-refractivity contribution in [2.75, 3.05) is 11.9 Å². The Kier molecular flexibility index (Phi) is 4.59. The van der Waals surface area contributed by atoms with Crippen LogP contribution in [-0.4, -0.2) is 39.6 Å². The summed E-state index contributed by atoms with van der Waals surface area (Å²) in [6.07, 6.45) is -0.410. The highest BCUT2D eigenvalue weighted by Crippen LogP contribution is 2.18. The highest BCUT2D eigenvalue weighted by molar-refractivity contribution is 5.99. The van der Waals surface area contributed by atoms with Crippen LogP contribution in [0, 0.1) is 0 Å². The number of nitrogens with one attached hydrogen (secondary N) is 3. The maximum Gasteiger partial charge on any atom is 0.407 e. The second-order valence-corrected chi connectivity index (χ2v) is 5.72. The number of ether oxygens (including phenoxy) is 1. The van der Waals surface area contributed by atoms with E-state index in [-0.39, 0.29) is 18.9 Å². The van der Waals surface area contributed by atoms with Crippen LogP contribution in [0.5, 0.6) is 0 Å². The minimum Gasteiger partial charge on any atom is -0.444 e. The number of aromatic nitrogens is 3. The molecule has 0 aliphatic heterocycles. The Morgan fingerprint density at radius 2 is 2.05 bits per heavy atom. The van der Waals surface area contributed by atoms with Gasteiger partial charge >= 0.3 is 6.09 Å². The van der Waals surface area contributed by atoms with Crippen LogP contribution < -0.4 is 10.6 Å². The van der Waals surface area contributed by atoms with Crippen molar-refractivity contribution in [2.24, 2.45) is 0 Å². The van der Waals surface area contributed by atoms with Gasteiger partial charge in [0.25, 0.3) is 0 Å². The van der Waals surface area contributed by atoms with Gasteiger partial charge in [-0.15, -0.1) is 0 Å². The van der Waals surface area contributed by atoms with Crippen molar-refractivity contribution in [1.82, 2.24) is 20.7 Å². The lowest BCUT2D eigenvalue weighted by atomic mass is 10.2. The molecular formula is C14H19N5O3. The van der Waals surface area contributed by atoms with Gasteiger partial charge in [0.1, 0.15) is 16.6 Å². The molecule has 0 aliphatic rings. The van der Waals surface area contributed by atoms with Gasteiger partial charge in [0.2, 0.25) is 5.91 Å². The van der Waals surface area contributed by atoms with Gasteiger partial charge in [0, 0.05) is 13.0 Å². The second kappa shape index (κ2) is 6.42. The maximum atomic E-state index is 11.9. The summed E-state index contributed by atoms with van der Waals surface area (Å²) in [6, 6.07) is 5.31. The predicted molar refractivity (Wildman–Crippen MR) is 81.4 cm³/mol. The molecule has 8 nitrogen and oxygen atoms in total. The molecular weight excluding hydrogens is 286 g/mol. The Morgan fingerprint density at radius 3 is 2.77 bits per heavy atom. The number of nitrogens with zero attached hydrogens (tertiary/aromatic N) is 2. The maximum absolute atomic E-state index is 11.9. The molecule has 0 atom stereocenters. The molecule has 0 radical (unpaired) electrons. The molecule has 2 amide bonds. The molecule has 1 aromatic carbocycles. The van der Waals surface area contributed by atoms with Crippen LogP contribution in [0.25, 0.3) is 11.0 Å². The van der Waals surface area contributed by atoms with E-state index in [4.69, 9.17) is 4.74 Å². The van der Waals surface area contributed by atoms with Crippen LogP contribution in [-0.2, 0) is 9.53 Å². The average Bonchev–Trinajstić information content (AvgIpc) is 2.85. The number of benzene rings is 1. The lowest BCUT2D eigenvalue weighted by molar-refractivity contribution is -0.116. The largest absolute Gasteiger partial charge is 0.444 e. The van der Waals surface area contributed by atoms with Crippen molar-refractivity contribution < 1.29 is 14.3 Å². The number of hydrogen-bond donors (Lipinski definition) is 3. The molecule has 0 spiro atoms. The number of H-pyrrole nitrogens is 1. The number of hydrogen-bond acceptors (Lipinski definition) is 5. The lowest BCUT2D eigenvalue weighted by Crippen LogP contribution is -2.34. The van der Waals surface area contributed by atoms with Crippen molar-refractivity contribution in [1.29, 1.82) is 0 Å². The molecule has 8 heteroatoms. The van der Waals surface area contributed by atoms with Gasteiger partial charge in [-0.3, -0.25) is 4.79 Å². The summed E-state index contributed by atoms with van der Waals surface area (Å²) in [4.78, 5) is 23.3. The van der Waals surface area contributed by atoms with Crippen molar-refractivity contribution in [3.63, 3.8) is 0 Å². The molecule has 1 aromatic heterocycles. The first kappa shape index (κ1) is 15.7. The fourth-order valence-corrected chi connectivity index (χ4v) is 1.77. The summed E-state index contributed by atoms with van der Waals surface area (Å²) < 4.78 is 5.08. The van der Waals surface area contributed by atoms with Crippen LogP contribution in [0.15, 0.2) is 18.2 Å². The number of rotatable bonds is 4. The van der Waals surface area contributed by atoms with E-state index in [2.05, 4.69) is 26.0 Å². The van der Waals surface area contributed by atoms with Gasteiger partial charge in [-0.1, -0.05) is 6.07 Å². The number of carbonyl (C=O) groups is 2. The third-order valence-corrected chi connectivity index (χ3v) is 2.64. The van der Waals surface area contributed by atoms with Crippen LogP contribution >= 0.6 is 0 Å². The van der Waals surface area contributed by atoms with E-state index in [9.17, 15) is 9.59 Å². The Morgan fingerprint density at radius 1 is 1.27 bits per heavy atom. The normalized spacial score (nSPS) is 11.2. The zero-order valence-corrected chi connectivity index (χ0v) is 12.8. The van der Waals surface area contributed by atoms with E-state index < -0.39 is 11.7 Å². The number of carbonyl (C=O) groups excluding carboxylic acids is 2. The summed E-state index contributed by atoms with van der Waals surface area (Å²) >= 11 is 0. The van der Waals surface area contributed by atoms with Crippen LogP contribution in [0.2, 0.25) is 0 Å². The van der Waals surface area contributed by atoms with Crippen LogP contribution in [0.4, 0.5) is 10.5 Å². The Bertz CT molecular complexity index is 674. The molecule has 22 heavy (non-hydrogen) atoms. The minimum absolute atomic E-state index is 0.132. The summed E-state index contributed by atoms with van der Waals surface area (Å²) in [6.45, 7) is 5.52. The van der Waals surface area contributed by atoms with Crippen molar-refractivity contribution in [3.8, 4) is 0 Å². The van der Waals surface area contributed by atoms with Gasteiger partial charge in [0.05, 0.1) is 5.69 Å². The summed E-state index contributed by atoms with van der Waals surface area (Å²) in [5, 5.41) is 15.7. The van der Waals surface area contributed by atoms with Gasteiger partial charge in [-0.25, -0.2) is 4.79 Å². The van der Waals surface area contributed by atoms with Gasteiger partial charge in [0.15, 0.2) is 0 Å². The molecule has 2 aromatic rings. The molecule has 118 valence electrons. The average molecular weight is 305 g/mol. The zero-order chi connectivity index (χ0) is 16.2. The molecule has 1 heterocycles. The fourth-order valence-electron chi connectivity index (χ4n) is 1.77. The first-order chi connectivity index (χ1) is 10.3. The van der Waals surface area contributed by atoms with Gasteiger partial charge < -0.3 is 15.4 Å². The van der Waals surface area contributed by atoms with Gasteiger partial charge in [-0.05, 0) is 32.9 Å². The number of alkyl carbamates (subject to hydrolysis) is 1. The van der Waals surface area contributed by atoms with E-state index in [1.54, 1.807) is 39.0 Å². The smallest absolute Gasteiger partial charge is 0.407 e. The van der Waals surface area contributed by atoms with Crippen molar-refractivity contribution in [3.05, 3.63) is 18.2 Å². The molecule has 0 aliphatic carbocycles. The van der Waals surface area contributed by atoms with E-state index in [1.807, 2.05) is 0 Å². The third-order valence-electron chi connectivity index (χ3n) is 2.64. The van der Waals surface area contributed by atoms with Crippen molar-refractivity contribution >= 4 is 28.7 Å². The molecule has 0 fully saturated rings. The highest BCUT2D eigenvalue weighted by Gasteiger charge is 2.16. The molecule has 0 unspecified atom stereocenters. The highest BCUT2D eigenvalue weighted by atomic mass is 16.6. The second-order valence-electron chi connectivity index (χ2n) is 5.72. The Hall–Kier alpha value is -2.64. The Labute approximate surface area is 127 Å². The first-order valence-electron chi connectivity index (χ1n) is 6.91. The van der Waals surface area contributed by atoms with E-state index in [0.717, 1.165) is 0 Å². The lowest BCUT2D eigenvalue weighted by Gasteiger charge is -2.19. The monoisotopic (exact) mass is 305 g/mol. The number of anilines is 1. The van der Waals surface area contributed by atoms with Crippen molar-refractivity contribution in [2.45, 2.75) is 32.8 Å². The summed E-state index contributed by atoms with van der Waals surface area (Å²) in [5.74, 6) is -0.230. The first-order valence-corrected chi connectivity index (χ1v) is 6.91. The minimum atomic E-state index is -0.561. The standard InChI is InChI=1S/C14H19N5O3/c1-14(2,3)22-13(21)15-8-7-11(20)16-9-5-4-6-10-12(9)18-19-17-10/h4-6H,7-8H2,1-3H3,(H,15,21)(H,16,20)(H,17,18,19). The third kappa shape index (κ3) is 4.44. The number of aromatic amines is 1. The van der Waals surface area contributed by atoms with Crippen LogP contribution in [0.1, 0.15) is 27.2 Å². The molecule has 3 N–H and O–H groups in total. The zero-order valence-electron chi connectivity index (χ0n) is 12.8. The topological polar surface area (TPSA) is 109 Å². The number of amides is 2. The summed E-state index contributed by atoms with van der Waals surface area (Å²) in [5.41, 5.74) is 1.28. The Balaban J connectivity index is 1.81. The SMILES string of the molecule is CC(C)(C)OC(=O)NCCC(=O)Nc1cccc2n[nH]nc12. The predicted octanol–water partition coefficient (Wildman–Crippen LogP) is 1.81. The van der Waals surface area contributed by atoms with Gasteiger partial charge in [-0.2, -0.15) is 15.4 Å². The molecule has 0 saturated carbocycles. The summed E-state index contributed by atoms with van der Waals surface area (Å²) in [7, 11) is 0. The van der Waals surface area contributed by atoms with E-state index in [1.165, 1.54) is 0 Å². The number of fused-ring (bicyclic) bond motifs is 1. The van der Waals surface area contributed by atoms with E-state index in [0.29, 0.717) is 16.7 Å². The molecule has 0 bridgehead atoms.